The third-order valence-electron chi connectivity index (χ3n) is 5.99. The highest BCUT2D eigenvalue weighted by atomic mass is 16.2. The van der Waals surface area contributed by atoms with Crippen LogP contribution in [0.5, 0.6) is 0 Å². The van der Waals surface area contributed by atoms with E-state index in [9.17, 15) is 9.59 Å². The molecule has 0 saturated carbocycles. The first-order valence-electron chi connectivity index (χ1n) is 12.3. The van der Waals surface area contributed by atoms with Crippen molar-refractivity contribution in [2.45, 2.75) is 52.4 Å². The monoisotopic (exact) mass is 446 g/mol. The van der Waals surface area contributed by atoms with Crippen LogP contribution in [0.1, 0.15) is 73.1 Å². The maximum atomic E-state index is 12.7. The minimum Gasteiger partial charge on any atom is -0.340 e. The van der Waals surface area contributed by atoms with Crippen LogP contribution in [0.2, 0.25) is 0 Å². The van der Waals surface area contributed by atoms with Gasteiger partial charge in [-0.25, -0.2) is 0 Å². The van der Waals surface area contributed by atoms with Gasteiger partial charge in [0.25, 0.3) is 11.8 Å². The lowest BCUT2D eigenvalue weighted by molar-refractivity contribution is 0.0771. The summed E-state index contributed by atoms with van der Waals surface area (Å²) in [6, 6.07) is 7.06. The van der Waals surface area contributed by atoms with E-state index in [1.165, 1.54) is 38.5 Å². The number of carbonyl (C=O) groups excluding carboxylic acids is 2. The molecule has 0 fully saturated rings. The zero-order chi connectivity index (χ0) is 23.9. The molecule has 6 heteroatoms. The molecule has 0 aliphatic carbocycles. The fraction of sp³-hybridized carbons (Fsp3) is 0.692. The van der Waals surface area contributed by atoms with Crippen LogP contribution in [0.15, 0.2) is 24.3 Å². The van der Waals surface area contributed by atoms with Gasteiger partial charge in [-0.3, -0.25) is 9.59 Å². The zero-order valence-electron chi connectivity index (χ0n) is 21.4. The van der Waals surface area contributed by atoms with E-state index in [4.69, 9.17) is 0 Å². The Morgan fingerprint density at radius 1 is 0.562 bits per heavy atom. The molecule has 0 saturated heterocycles. The Bertz CT molecular complexity index is 605. The van der Waals surface area contributed by atoms with Gasteiger partial charge < -0.3 is 19.6 Å². The van der Waals surface area contributed by atoms with Crippen LogP contribution in [0.3, 0.4) is 0 Å². The lowest BCUT2D eigenvalue weighted by Gasteiger charge is -2.23. The Balaban J connectivity index is 2.49. The molecule has 0 spiro atoms. The van der Waals surface area contributed by atoms with Crippen molar-refractivity contribution in [2.24, 2.45) is 0 Å². The summed E-state index contributed by atoms with van der Waals surface area (Å²) < 4.78 is 0. The molecule has 1 rings (SSSR count). The second-order valence-electron chi connectivity index (χ2n) is 9.05. The zero-order valence-corrected chi connectivity index (χ0v) is 21.4. The van der Waals surface area contributed by atoms with E-state index in [0.717, 1.165) is 26.2 Å². The molecule has 182 valence electrons. The topological polar surface area (TPSA) is 47.1 Å². The molecule has 1 aromatic rings. The van der Waals surface area contributed by atoms with Crippen LogP contribution in [-0.4, -0.2) is 98.9 Å². The Morgan fingerprint density at radius 2 is 0.906 bits per heavy atom. The Kier molecular flexibility index (Phi) is 13.9. The van der Waals surface area contributed by atoms with E-state index in [1.807, 2.05) is 14.1 Å². The van der Waals surface area contributed by atoms with Crippen molar-refractivity contribution >= 4 is 11.8 Å². The van der Waals surface area contributed by atoms with Crippen LogP contribution in [-0.2, 0) is 0 Å². The quantitative estimate of drug-likeness (QED) is 0.359. The van der Waals surface area contributed by atoms with Gasteiger partial charge in [0.2, 0.25) is 0 Å². The molecule has 0 aliphatic rings. The smallest absolute Gasteiger partial charge is 0.253 e. The number of hydrogen-bond acceptors (Lipinski definition) is 4. The fourth-order valence-corrected chi connectivity index (χ4v) is 3.53. The van der Waals surface area contributed by atoms with E-state index in [-0.39, 0.29) is 11.8 Å². The van der Waals surface area contributed by atoms with E-state index < -0.39 is 0 Å². The fourth-order valence-electron chi connectivity index (χ4n) is 3.53. The average molecular weight is 447 g/mol. The lowest BCUT2D eigenvalue weighted by Crippen LogP contribution is -2.35. The molecule has 0 aromatic heterocycles. The van der Waals surface area contributed by atoms with Gasteiger partial charge in [-0.2, -0.15) is 0 Å². The standard InChI is InChI=1S/C26H46N4O2/c1-7-9-11-17-27(3)19-21-29(5)25(31)23-13-15-24(16-14-23)26(32)30(6)22-20-28(4)18-12-10-8-2/h13-16H,7-12,17-22H2,1-6H3. The van der Waals surface area contributed by atoms with Crippen LogP contribution in [0.25, 0.3) is 0 Å². The first kappa shape index (κ1) is 28.1. The molecular formula is C26H46N4O2. The Labute approximate surface area is 196 Å². The van der Waals surface area contributed by atoms with E-state index in [0.29, 0.717) is 24.2 Å². The number of amides is 2. The van der Waals surface area contributed by atoms with Gasteiger partial charge in [-0.05, 0) is 64.3 Å². The van der Waals surface area contributed by atoms with Crippen molar-refractivity contribution < 1.29 is 9.59 Å². The number of hydrogen-bond donors (Lipinski definition) is 0. The van der Waals surface area contributed by atoms with Crippen molar-refractivity contribution in [1.29, 1.82) is 0 Å². The van der Waals surface area contributed by atoms with Crippen LogP contribution in [0, 0.1) is 0 Å². The Morgan fingerprint density at radius 3 is 1.22 bits per heavy atom. The predicted molar refractivity (Wildman–Crippen MR) is 134 cm³/mol. The van der Waals surface area contributed by atoms with Gasteiger partial charge in [0, 0.05) is 51.4 Å². The highest BCUT2D eigenvalue weighted by Crippen LogP contribution is 2.10. The molecule has 0 heterocycles. The van der Waals surface area contributed by atoms with Crippen LogP contribution in [0.4, 0.5) is 0 Å². The van der Waals surface area contributed by atoms with Crippen molar-refractivity contribution in [3.63, 3.8) is 0 Å². The predicted octanol–water partition coefficient (Wildman–Crippen LogP) is 4.07. The van der Waals surface area contributed by atoms with Crippen molar-refractivity contribution in [1.82, 2.24) is 19.6 Å². The SMILES string of the molecule is CCCCCN(C)CCN(C)C(=O)c1ccc(C(=O)N(C)CCN(C)CCCCC)cc1. The molecular weight excluding hydrogens is 400 g/mol. The lowest BCUT2D eigenvalue weighted by atomic mass is 10.1. The van der Waals surface area contributed by atoms with E-state index in [1.54, 1.807) is 34.1 Å². The third-order valence-corrected chi connectivity index (χ3v) is 5.99. The van der Waals surface area contributed by atoms with Gasteiger partial charge in [0.15, 0.2) is 0 Å². The molecule has 0 aliphatic heterocycles. The highest BCUT2D eigenvalue weighted by molar-refractivity contribution is 5.97. The van der Waals surface area contributed by atoms with Gasteiger partial charge in [-0.1, -0.05) is 39.5 Å². The van der Waals surface area contributed by atoms with Gasteiger partial charge in [-0.15, -0.1) is 0 Å². The molecule has 2 amide bonds. The molecule has 0 unspecified atom stereocenters. The molecule has 32 heavy (non-hydrogen) atoms. The Hall–Kier alpha value is -1.92. The largest absolute Gasteiger partial charge is 0.340 e. The summed E-state index contributed by atoms with van der Waals surface area (Å²) in [6.07, 6.45) is 7.32. The second kappa shape index (κ2) is 15.8. The summed E-state index contributed by atoms with van der Waals surface area (Å²) in [6.45, 7) is 9.65. The summed E-state index contributed by atoms with van der Waals surface area (Å²) in [5.41, 5.74) is 1.24. The van der Waals surface area contributed by atoms with E-state index in [2.05, 4.69) is 37.7 Å². The van der Waals surface area contributed by atoms with E-state index >= 15 is 0 Å². The summed E-state index contributed by atoms with van der Waals surface area (Å²) in [5, 5.41) is 0. The minimum atomic E-state index is -0.00647. The third kappa shape index (κ3) is 10.6. The summed E-state index contributed by atoms with van der Waals surface area (Å²) in [4.78, 5) is 33.5. The summed E-state index contributed by atoms with van der Waals surface area (Å²) >= 11 is 0. The number of unbranched alkanes of at least 4 members (excludes halogenated alkanes) is 4. The molecule has 0 bridgehead atoms. The average Bonchev–Trinajstić information content (AvgIpc) is 2.80. The number of likely N-dealkylation sites (N-methyl/N-ethyl adjacent to an activating group) is 4. The normalized spacial score (nSPS) is 11.2. The molecule has 6 nitrogen and oxygen atoms in total. The second-order valence-corrected chi connectivity index (χ2v) is 9.05. The first-order valence-corrected chi connectivity index (χ1v) is 12.3. The summed E-state index contributed by atoms with van der Waals surface area (Å²) in [5.74, 6) is -0.0129. The maximum absolute atomic E-state index is 12.7. The minimum absolute atomic E-state index is 0.00647. The number of benzene rings is 1. The maximum Gasteiger partial charge on any atom is 0.253 e. The van der Waals surface area contributed by atoms with Gasteiger partial charge in [0.05, 0.1) is 0 Å². The number of carbonyl (C=O) groups is 2. The van der Waals surface area contributed by atoms with Crippen molar-refractivity contribution in [3.8, 4) is 0 Å². The molecule has 0 N–H and O–H groups in total. The summed E-state index contributed by atoms with van der Waals surface area (Å²) in [7, 11) is 7.89. The van der Waals surface area contributed by atoms with Crippen LogP contribution < -0.4 is 0 Å². The number of nitrogens with zero attached hydrogens (tertiary/aromatic N) is 4. The van der Waals surface area contributed by atoms with Gasteiger partial charge >= 0.3 is 0 Å². The molecule has 0 radical (unpaired) electrons. The van der Waals surface area contributed by atoms with Crippen LogP contribution >= 0.6 is 0 Å². The molecule has 0 atom stereocenters. The van der Waals surface area contributed by atoms with Gasteiger partial charge in [0.1, 0.15) is 0 Å². The first-order chi connectivity index (χ1) is 15.3. The molecule has 1 aromatic carbocycles. The van der Waals surface area contributed by atoms with Crippen molar-refractivity contribution in [2.75, 3.05) is 67.5 Å². The van der Waals surface area contributed by atoms with Crippen molar-refractivity contribution in [3.05, 3.63) is 35.4 Å². The number of rotatable bonds is 16. The highest BCUT2D eigenvalue weighted by Gasteiger charge is 2.15.